The van der Waals surface area contributed by atoms with E-state index in [0.29, 0.717) is 24.9 Å². The van der Waals surface area contributed by atoms with Crippen LogP contribution in [0.2, 0.25) is 0 Å². The number of primary amides is 2. The molecule has 4 unspecified atom stereocenters. The lowest BCUT2D eigenvalue weighted by molar-refractivity contribution is -0.142. The number of carboxylic acid groups (broad SMARTS) is 1. The number of carbonyl (C=O) groups excluding carboxylic acids is 5. The minimum absolute atomic E-state index is 0.0409. The number of nitrogens with one attached hydrogen (secondary N) is 3. The van der Waals surface area contributed by atoms with Crippen molar-refractivity contribution in [1.82, 2.24) is 16.0 Å². The van der Waals surface area contributed by atoms with Crippen LogP contribution >= 0.6 is 0 Å². The first-order chi connectivity index (χ1) is 17.9. The van der Waals surface area contributed by atoms with E-state index in [0.717, 1.165) is 0 Å². The van der Waals surface area contributed by atoms with Gasteiger partial charge in [-0.05, 0) is 31.4 Å². The lowest BCUT2D eigenvalue weighted by atomic mass is 10.0. The molecule has 0 spiro atoms. The summed E-state index contributed by atoms with van der Waals surface area (Å²) in [5.74, 6) is -5.55. The van der Waals surface area contributed by atoms with Crippen LogP contribution in [0.3, 0.4) is 0 Å². The van der Waals surface area contributed by atoms with Crippen molar-refractivity contribution in [2.75, 3.05) is 6.54 Å². The lowest BCUT2D eigenvalue weighted by Crippen LogP contribution is -2.58. The Morgan fingerprint density at radius 2 is 1.34 bits per heavy atom. The molecule has 14 nitrogen and oxygen atoms in total. The molecular formula is C24H37N7O7. The summed E-state index contributed by atoms with van der Waals surface area (Å²) in [5.41, 5.74) is 22.3. The second kappa shape index (κ2) is 16.7. The number of amides is 5. The van der Waals surface area contributed by atoms with E-state index in [1.165, 1.54) is 0 Å². The highest BCUT2D eigenvalue weighted by Gasteiger charge is 2.31. The fourth-order valence-electron chi connectivity index (χ4n) is 3.48. The number of carboxylic acids is 1. The van der Waals surface area contributed by atoms with Gasteiger partial charge in [0, 0.05) is 12.8 Å². The van der Waals surface area contributed by atoms with Crippen molar-refractivity contribution in [2.45, 2.75) is 69.1 Å². The molecule has 1 aromatic carbocycles. The van der Waals surface area contributed by atoms with Gasteiger partial charge in [-0.3, -0.25) is 24.0 Å². The van der Waals surface area contributed by atoms with Crippen molar-refractivity contribution in [3.8, 4) is 0 Å². The molecule has 0 aliphatic heterocycles. The Morgan fingerprint density at radius 3 is 1.89 bits per heavy atom. The van der Waals surface area contributed by atoms with Gasteiger partial charge in [-0.15, -0.1) is 0 Å². The number of rotatable bonds is 18. The second-order valence-corrected chi connectivity index (χ2v) is 8.78. The molecule has 0 aliphatic rings. The molecule has 4 atom stereocenters. The van der Waals surface area contributed by atoms with E-state index in [1.807, 2.05) is 0 Å². The molecule has 1 aromatic rings. The third-order valence-corrected chi connectivity index (χ3v) is 5.55. The van der Waals surface area contributed by atoms with Crippen LogP contribution in [0.5, 0.6) is 0 Å². The van der Waals surface area contributed by atoms with Crippen LogP contribution in [-0.4, -0.2) is 71.3 Å². The van der Waals surface area contributed by atoms with Gasteiger partial charge in [0.15, 0.2) is 0 Å². The highest BCUT2D eigenvalue weighted by molar-refractivity contribution is 5.96. The van der Waals surface area contributed by atoms with Crippen LogP contribution < -0.4 is 38.9 Å². The number of hydrogen-bond acceptors (Lipinski definition) is 8. The molecule has 0 radical (unpaired) electrons. The number of unbranched alkanes of at least 4 members (excludes halogenated alkanes) is 1. The van der Waals surface area contributed by atoms with Crippen LogP contribution in [0.1, 0.15) is 44.1 Å². The third-order valence-electron chi connectivity index (χ3n) is 5.55. The van der Waals surface area contributed by atoms with E-state index in [1.54, 1.807) is 30.3 Å². The quantitative estimate of drug-likeness (QED) is 0.0912. The van der Waals surface area contributed by atoms with Crippen LogP contribution in [-0.2, 0) is 35.2 Å². The molecule has 0 bridgehead atoms. The van der Waals surface area contributed by atoms with Crippen molar-refractivity contribution in [3.05, 3.63) is 35.9 Å². The maximum absolute atomic E-state index is 13.0. The van der Waals surface area contributed by atoms with E-state index in [4.69, 9.17) is 22.9 Å². The Morgan fingerprint density at radius 1 is 0.763 bits per heavy atom. The third kappa shape index (κ3) is 12.3. The Kier molecular flexibility index (Phi) is 14.0. The van der Waals surface area contributed by atoms with E-state index in [-0.39, 0.29) is 25.7 Å². The molecule has 1 rings (SSSR count). The first-order valence-corrected chi connectivity index (χ1v) is 12.1. The van der Waals surface area contributed by atoms with Crippen LogP contribution in [0.4, 0.5) is 0 Å². The largest absolute Gasteiger partial charge is 0.480 e. The monoisotopic (exact) mass is 535 g/mol. The van der Waals surface area contributed by atoms with Crippen molar-refractivity contribution in [2.24, 2.45) is 22.9 Å². The predicted molar refractivity (Wildman–Crippen MR) is 137 cm³/mol. The minimum Gasteiger partial charge on any atom is -0.480 e. The highest BCUT2D eigenvalue weighted by Crippen LogP contribution is 2.07. The standard InChI is InChI=1S/C24H37N7O7/c25-11-5-4-8-15(26)21(34)30-17(13-20(28)33)23(36)29-16(9-10-19(27)32)22(35)31-18(24(37)38)12-14-6-2-1-3-7-14/h1-3,6-7,15-18H,4-5,8-13,25-26H2,(H2,27,32)(H2,28,33)(H,29,36)(H,30,34)(H,31,35)(H,37,38). The van der Waals surface area contributed by atoms with Gasteiger partial charge in [-0.1, -0.05) is 36.8 Å². The molecule has 38 heavy (non-hydrogen) atoms. The molecular weight excluding hydrogens is 498 g/mol. The molecule has 0 aromatic heterocycles. The molecule has 5 amide bonds. The molecule has 210 valence electrons. The smallest absolute Gasteiger partial charge is 0.326 e. The first-order valence-electron chi connectivity index (χ1n) is 12.1. The number of benzene rings is 1. The first kappa shape index (κ1) is 32.0. The summed E-state index contributed by atoms with van der Waals surface area (Å²) in [7, 11) is 0. The predicted octanol–water partition coefficient (Wildman–Crippen LogP) is -2.63. The summed E-state index contributed by atoms with van der Waals surface area (Å²) in [4.78, 5) is 73.0. The van der Waals surface area contributed by atoms with Gasteiger partial charge in [0.2, 0.25) is 29.5 Å². The molecule has 0 heterocycles. The van der Waals surface area contributed by atoms with Gasteiger partial charge in [-0.25, -0.2) is 4.79 Å². The van der Waals surface area contributed by atoms with Crippen LogP contribution in [0, 0.1) is 0 Å². The number of hydrogen-bond donors (Lipinski definition) is 8. The average molecular weight is 536 g/mol. The van der Waals surface area contributed by atoms with Crippen molar-refractivity contribution >= 4 is 35.5 Å². The normalized spacial score (nSPS) is 13.8. The van der Waals surface area contributed by atoms with Gasteiger partial charge in [0.05, 0.1) is 12.5 Å². The summed E-state index contributed by atoms with van der Waals surface area (Å²) < 4.78 is 0. The maximum Gasteiger partial charge on any atom is 0.326 e. The van der Waals surface area contributed by atoms with Gasteiger partial charge < -0.3 is 44.0 Å². The topological polar surface area (TPSA) is 263 Å². The fraction of sp³-hybridized carbons (Fsp3) is 0.500. The Balaban J connectivity index is 3.00. The van der Waals surface area contributed by atoms with E-state index in [2.05, 4.69) is 16.0 Å². The lowest BCUT2D eigenvalue weighted by Gasteiger charge is -2.24. The zero-order chi connectivity index (χ0) is 28.7. The van der Waals surface area contributed by atoms with Crippen molar-refractivity contribution < 1.29 is 33.9 Å². The van der Waals surface area contributed by atoms with Crippen LogP contribution in [0.25, 0.3) is 0 Å². The van der Waals surface area contributed by atoms with Crippen molar-refractivity contribution in [3.63, 3.8) is 0 Å². The number of nitrogens with two attached hydrogens (primary N) is 4. The Labute approximate surface area is 220 Å². The second-order valence-electron chi connectivity index (χ2n) is 8.78. The summed E-state index contributed by atoms with van der Waals surface area (Å²) in [6, 6.07) is 3.35. The Bertz CT molecular complexity index is 974. The van der Waals surface area contributed by atoms with Crippen molar-refractivity contribution in [1.29, 1.82) is 0 Å². The average Bonchev–Trinajstić information content (AvgIpc) is 2.85. The molecule has 0 saturated heterocycles. The fourth-order valence-corrected chi connectivity index (χ4v) is 3.48. The summed E-state index contributed by atoms with van der Waals surface area (Å²) in [5, 5.41) is 16.6. The molecule has 0 aliphatic carbocycles. The zero-order valence-corrected chi connectivity index (χ0v) is 21.1. The van der Waals surface area contributed by atoms with E-state index < -0.39 is 66.1 Å². The van der Waals surface area contributed by atoms with E-state index >= 15 is 0 Å². The van der Waals surface area contributed by atoms with Gasteiger partial charge in [0.1, 0.15) is 18.1 Å². The van der Waals surface area contributed by atoms with Crippen LogP contribution in [0.15, 0.2) is 30.3 Å². The molecule has 12 N–H and O–H groups in total. The SMILES string of the molecule is NCCCCC(N)C(=O)NC(CC(N)=O)C(=O)NC(CCC(N)=O)C(=O)NC(Cc1ccccc1)C(=O)O. The van der Waals surface area contributed by atoms with E-state index in [9.17, 15) is 33.9 Å². The molecule has 0 fully saturated rings. The summed E-state index contributed by atoms with van der Waals surface area (Å²) >= 11 is 0. The number of aliphatic carboxylic acids is 1. The molecule has 14 heteroatoms. The number of carbonyl (C=O) groups is 6. The zero-order valence-electron chi connectivity index (χ0n) is 21.1. The van der Waals surface area contributed by atoms with Gasteiger partial charge >= 0.3 is 5.97 Å². The highest BCUT2D eigenvalue weighted by atomic mass is 16.4. The maximum atomic E-state index is 13.0. The minimum atomic E-state index is -1.47. The van der Waals surface area contributed by atoms with Gasteiger partial charge in [0.25, 0.3) is 0 Å². The summed E-state index contributed by atoms with van der Waals surface area (Å²) in [6.07, 6.45) is 0.290. The molecule has 0 saturated carbocycles. The Hall–Kier alpha value is -4.04. The van der Waals surface area contributed by atoms with Gasteiger partial charge in [-0.2, -0.15) is 0 Å². The summed E-state index contributed by atoms with van der Waals surface area (Å²) in [6.45, 7) is 0.421.